The molecule has 1 fully saturated rings. The molecule has 0 amide bonds. The van der Waals surface area contributed by atoms with Crippen LogP contribution in [0.2, 0.25) is 0 Å². The summed E-state index contributed by atoms with van der Waals surface area (Å²) < 4.78 is 5.36. The second-order valence-corrected chi connectivity index (χ2v) is 7.04. The van der Waals surface area contributed by atoms with Gasteiger partial charge in [0.2, 0.25) is 0 Å². The molecule has 1 rings (SSSR count). The summed E-state index contributed by atoms with van der Waals surface area (Å²) in [5, 5.41) is 0. The van der Waals surface area contributed by atoms with Crippen LogP contribution in [0, 0.1) is 5.92 Å². The van der Waals surface area contributed by atoms with Crippen LogP contribution >= 0.6 is 11.8 Å². The smallest absolute Gasteiger partial charge is 0.0914 e. The molecule has 0 saturated carbocycles. The Morgan fingerprint density at radius 2 is 1.85 bits per heavy atom. The highest BCUT2D eigenvalue weighted by Crippen LogP contribution is 2.24. The van der Waals surface area contributed by atoms with Crippen molar-refractivity contribution in [2.45, 2.75) is 51.9 Å². The van der Waals surface area contributed by atoms with E-state index >= 15 is 0 Å². The van der Waals surface area contributed by atoms with Crippen molar-refractivity contribution in [2.24, 2.45) is 5.92 Å². The number of hydrogen-bond donors (Lipinski definition) is 0. The Bertz CT molecular complexity index is 251. The van der Waals surface area contributed by atoms with Crippen LogP contribution in [-0.2, 0) is 4.74 Å². The molecule has 2 nitrogen and oxygen atoms in total. The van der Waals surface area contributed by atoms with Gasteiger partial charge in [0, 0.05) is 30.5 Å². The van der Waals surface area contributed by atoms with E-state index in [0.29, 0.717) is 5.92 Å². The highest BCUT2D eigenvalue weighted by molar-refractivity contribution is 7.99. The lowest BCUT2D eigenvalue weighted by molar-refractivity contribution is 0.226. The van der Waals surface area contributed by atoms with Crippen LogP contribution in [0.25, 0.3) is 0 Å². The second-order valence-electron chi connectivity index (χ2n) is 5.81. The molecule has 0 radical (unpaired) electrons. The van der Waals surface area contributed by atoms with Gasteiger partial charge < -0.3 is 9.64 Å². The molecular weight excluding hydrogens is 266 g/mol. The van der Waals surface area contributed by atoms with E-state index in [2.05, 4.69) is 30.2 Å². The summed E-state index contributed by atoms with van der Waals surface area (Å²) in [4.78, 5) is 2.62. The summed E-state index contributed by atoms with van der Waals surface area (Å²) in [5.74, 6) is 4.22. The third-order valence-electron chi connectivity index (χ3n) is 4.25. The number of ether oxygens (including phenoxy) is 1. The molecule has 1 heterocycles. The van der Waals surface area contributed by atoms with E-state index < -0.39 is 0 Å². The van der Waals surface area contributed by atoms with Gasteiger partial charge in [-0.15, -0.1) is 0 Å². The zero-order valence-electron chi connectivity index (χ0n) is 13.5. The minimum Gasteiger partial charge on any atom is -0.501 e. The third kappa shape index (κ3) is 7.58. The second kappa shape index (κ2) is 11.5. The van der Waals surface area contributed by atoms with Gasteiger partial charge in [0.15, 0.2) is 0 Å². The lowest BCUT2D eigenvalue weighted by atomic mass is 9.94. The van der Waals surface area contributed by atoms with Crippen LogP contribution in [0.1, 0.15) is 51.9 Å². The fourth-order valence-corrected chi connectivity index (χ4v) is 3.79. The average Bonchev–Trinajstić information content (AvgIpc) is 2.50. The van der Waals surface area contributed by atoms with Gasteiger partial charge in [-0.1, -0.05) is 39.2 Å². The van der Waals surface area contributed by atoms with Gasteiger partial charge in [-0.2, -0.15) is 11.8 Å². The van der Waals surface area contributed by atoms with Gasteiger partial charge in [0.25, 0.3) is 0 Å². The highest BCUT2D eigenvalue weighted by Gasteiger charge is 2.13. The number of allylic oxidation sites excluding steroid dienone is 1. The zero-order valence-corrected chi connectivity index (χ0v) is 14.3. The Labute approximate surface area is 130 Å². The van der Waals surface area contributed by atoms with Crippen LogP contribution in [0.3, 0.4) is 0 Å². The van der Waals surface area contributed by atoms with Crippen molar-refractivity contribution in [1.82, 2.24) is 4.90 Å². The van der Waals surface area contributed by atoms with Crippen molar-refractivity contribution >= 4 is 11.8 Å². The Morgan fingerprint density at radius 3 is 2.50 bits per heavy atom. The van der Waals surface area contributed by atoms with E-state index in [0.717, 1.165) is 5.76 Å². The van der Waals surface area contributed by atoms with Gasteiger partial charge >= 0.3 is 0 Å². The quantitative estimate of drug-likeness (QED) is 0.410. The molecule has 0 aliphatic carbocycles. The minimum atomic E-state index is 0.575. The Kier molecular flexibility index (Phi) is 10.3. The number of methoxy groups -OCH3 is 1. The van der Waals surface area contributed by atoms with Gasteiger partial charge in [-0.3, -0.25) is 0 Å². The number of rotatable bonds is 11. The first kappa shape index (κ1) is 17.9. The molecule has 0 aromatic rings. The van der Waals surface area contributed by atoms with E-state index in [1.165, 1.54) is 76.1 Å². The minimum absolute atomic E-state index is 0.575. The molecule has 1 aliphatic rings. The predicted octanol–water partition coefficient (Wildman–Crippen LogP) is 4.56. The number of unbranched alkanes of at least 4 members (excludes halogenated alkanes) is 3. The summed E-state index contributed by atoms with van der Waals surface area (Å²) in [7, 11) is 1.76. The first-order valence-electron chi connectivity index (χ1n) is 8.30. The number of thioether (sulfide) groups is 1. The normalized spacial score (nSPS) is 17.9. The highest BCUT2D eigenvalue weighted by atomic mass is 32.2. The molecule has 0 bridgehead atoms. The van der Waals surface area contributed by atoms with E-state index in [1.54, 1.807) is 7.11 Å². The monoisotopic (exact) mass is 299 g/mol. The third-order valence-corrected chi connectivity index (χ3v) is 5.20. The number of nitrogens with zero attached hydrogens (tertiary/aromatic N) is 1. The molecule has 1 atom stereocenters. The van der Waals surface area contributed by atoms with E-state index in [9.17, 15) is 0 Å². The first-order chi connectivity index (χ1) is 9.77. The Hall–Kier alpha value is -0.150. The maximum Gasteiger partial charge on any atom is 0.0914 e. The molecular formula is C17H33NOS. The molecule has 0 spiro atoms. The molecule has 0 unspecified atom stereocenters. The maximum absolute atomic E-state index is 5.36. The topological polar surface area (TPSA) is 12.5 Å². The summed E-state index contributed by atoms with van der Waals surface area (Å²) in [6.45, 7) is 10.2. The molecule has 1 aliphatic heterocycles. The Balaban J connectivity index is 2.08. The fraction of sp³-hybridized carbons (Fsp3) is 0.882. The standard InChI is InChI=1S/C17H33NOS/c1-4-5-9-17(16(2)19-3)10-7-6-8-11-18-12-14-20-15-13-18/h17H,2,4-15H2,1,3H3/t17-/m0/s1. The summed E-state index contributed by atoms with van der Waals surface area (Å²) in [5.41, 5.74) is 0. The fourth-order valence-electron chi connectivity index (χ4n) is 2.81. The molecule has 3 heteroatoms. The van der Waals surface area contributed by atoms with Gasteiger partial charge in [-0.25, -0.2) is 0 Å². The van der Waals surface area contributed by atoms with Crippen LogP contribution in [0.4, 0.5) is 0 Å². The summed E-state index contributed by atoms with van der Waals surface area (Å²) in [6.07, 6.45) is 9.07. The molecule has 0 aromatic heterocycles. The van der Waals surface area contributed by atoms with E-state index in [1.807, 2.05) is 0 Å². The van der Waals surface area contributed by atoms with Crippen molar-refractivity contribution in [3.63, 3.8) is 0 Å². The van der Waals surface area contributed by atoms with Gasteiger partial charge in [0.05, 0.1) is 12.9 Å². The van der Waals surface area contributed by atoms with Crippen LogP contribution in [0.15, 0.2) is 12.3 Å². The zero-order chi connectivity index (χ0) is 14.6. The van der Waals surface area contributed by atoms with Crippen molar-refractivity contribution < 1.29 is 4.74 Å². The molecule has 1 saturated heterocycles. The first-order valence-corrected chi connectivity index (χ1v) is 9.46. The Morgan fingerprint density at radius 1 is 1.15 bits per heavy atom. The maximum atomic E-state index is 5.36. The van der Waals surface area contributed by atoms with E-state index in [-0.39, 0.29) is 0 Å². The molecule has 118 valence electrons. The molecule has 20 heavy (non-hydrogen) atoms. The lowest BCUT2D eigenvalue weighted by Gasteiger charge is -2.26. The summed E-state index contributed by atoms with van der Waals surface area (Å²) >= 11 is 2.09. The van der Waals surface area contributed by atoms with Crippen LogP contribution in [-0.4, -0.2) is 43.1 Å². The lowest BCUT2D eigenvalue weighted by Crippen LogP contribution is -2.33. The van der Waals surface area contributed by atoms with E-state index in [4.69, 9.17) is 4.74 Å². The summed E-state index contributed by atoms with van der Waals surface area (Å²) in [6, 6.07) is 0. The molecule has 0 N–H and O–H groups in total. The SMILES string of the molecule is C=C(OC)[C@@H](CCCC)CCCCCN1CCSCC1. The van der Waals surface area contributed by atoms with Crippen LogP contribution in [0.5, 0.6) is 0 Å². The van der Waals surface area contributed by atoms with Crippen molar-refractivity contribution in [2.75, 3.05) is 38.2 Å². The predicted molar refractivity (Wildman–Crippen MR) is 91.4 cm³/mol. The van der Waals surface area contributed by atoms with Crippen molar-refractivity contribution in [3.05, 3.63) is 12.3 Å². The number of hydrogen-bond acceptors (Lipinski definition) is 3. The van der Waals surface area contributed by atoms with Crippen LogP contribution < -0.4 is 0 Å². The average molecular weight is 300 g/mol. The van der Waals surface area contributed by atoms with Gasteiger partial charge in [-0.05, 0) is 25.8 Å². The largest absolute Gasteiger partial charge is 0.501 e. The van der Waals surface area contributed by atoms with Gasteiger partial charge in [0.1, 0.15) is 0 Å². The van der Waals surface area contributed by atoms with Crippen molar-refractivity contribution in [3.8, 4) is 0 Å². The molecule has 0 aromatic carbocycles. The van der Waals surface area contributed by atoms with Crippen molar-refractivity contribution in [1.29, 1.82) is 0 Å².